The molecule has 1 saturated heterocycles. The lowest BCUT2D eigenvalue weighted by Crippen LogP contribution is -2.54. The molecule has 1 heterocycles. The Kier molecular flexibility index (Phi) is 7.91. The van der Waals surface area contributed by atoms with Crippen LogP contribution in [0.4, 0.5) is 4.39 Å². The lowest BCUT2D eigenvalue weighted by molar-refractivity contribution is -0.147. The highest BCUT2D eigenvalue weighted by Gasteiger charge is 2.39. The van der Waals surface area contributed by atoms with Gasteiger partial charge in [0.05, 0.1) is 6.10 Å². The summed E-state index contributed by atoms with van der Waals surface area (Å²) >= 11 is 0. The third kappa shape index (κ3) is 4.88. The summed E-state index contributed by atoms with van der Waals surface area (Å²) in [5.41, 5.74) is 0.0489. The highest BCUT2D eigenvalue weighted by Crippen LogP contribution is 2.23. The molecule has 1 aromatic rings. The first-order valence-corrected chi connectivity index (χ1v) is 7.44. The summed E-state index contributed by atoms with van der Waals surface area (Å²) in [6, 6.07) is 6.08. The van der Waals surface area contributed by atoms with Gasteiger partial charge < -0.3 is 20.1 Å². The number of methoxy groups -OCH3 is 2. The van der Waals surface area contributed by atoms with E-state index >= 15 is 0 Å². The molecule has 23 heavy (non-hydrogen) atoms. The number of halogens is 2. The van der Waals surface area contributed by atoms with E-state index in [-0.39, 0.29) is 30.2 Å². The Morgan fingerprint density at radius 2 is 1.91 bits per heavy atom. The van der Waals surface area contributed by atoms with Gasteiger partial charge in [-0.05, 0) is 43.6 Å². The SMILES string of the molecule is COC(CNC(=O)C1(OC)CCNCC1)c1ccc(F)cc1.Cl. The molecule has 7 heteroatoms. The Hall–Kier alpha value is -1.21. The Morgan fingerprint density at radius 3 is 2.43 bits per heavy atom. The fourth-order valence-electron chi connectivity index (χ4n) is 2.72. The maximum atomic E-state index is 13.0. The average Bonchev–Trinajstić information content (AvgIpc) is 2.57. The number of hydrogen-bond donors (Lipinski definition) is 2. The molecule has 2 rings (SSSR count). The van der Waals surface area contributed by atoms with Crippen LogP contribution in [0.5, 0.6) is 0 Å². The first kappa shape index (κ1) is 19.8. The van der Waals surface area contributed by atoms with Crippen molar-refractivity contribution < 1.29 is 18.7 Å². The van der Waals surface area contributed by atoms with Gasteiger partial charge in [0.2, 0.25) is 0 Å². The van der Waals surface area contributed by atoms with Crippen molar-refractivity contribution in [3.8, 4) is 0 Å². The fourth-order valence-corrected chi connectivity index (χ4v) is 2.72. The molecule has 0 aromatic heterocycles. The van der Waals surface area contributed by atoms with Crippen LogP contribution in [0.1, 0.15) is 24.5 Å². The van der Waals surface area contributed by atoms with Crippen LogP contribution in [0.2, 0.25) is 0 Å². The lowest BCUT2D eigenvalue weighted by Gasteiger charge is -2.35. The number of nitrogens with one attached hydrogen (secondary N) is 2. The average molecular weight is 347 g/mol. The number of piperidine rings is 1. The highest BCUT2D eigenvalue weighted by atomic mass is 35.5. The van der Waals surface area contributed by atoms with Crippen molar-refractivity contribution in [3.05, 3.63) is 35.6 Å². The van der Waals surface area contributed by atoms with E-state index in [1.807, 2.05) is 0 Å². The van der Waals surface area contributed by atoms with Gasteiger partial charge in [0.1, 0.15) is 11.4 Å². The minimum atomic E-state index is -0.771. The van der Waals surface area contributed by atoms with Crippen LogP contribution in [-0.2, 0) is 14.3 Å². The third-order valence-corrected chi connectivity index (χ3v) is 4.19. The number of carbonyl (C=O) groups excluding carboxylic acids is 1. The molecule has 1 amide bonds. The molecule has 2 N–H and O–H groups in total. The quantitative estimate of drug-likeness (QED) is 0.825. The third-order valence-electron chi connectivity index (χ3n) is 4.19. The van der Waals surface area contributed by atoms with Crippen LogP contribution in [0, 0.1) is 5.82 Å². The van der Waals surface area contributed by atoms with Crippen LogP contribution in [0.3, 0.4) is 0 Å². The summed E-state index contributed by atoms with van der Waals surface area (Å²) < 4.78 is 23.8. The minimum Gasteiger partial charge on any atom is -0.375 e. The lowest BCUT2D eigenvalue weighted by atomic mass is 9.91. The number of rotatable bonds is 6. The van der Waals surface area contributed by atoms with Crippen molar-refractivity contribution in [2.24, 2.45) is 0 Å². The van der Waals surface area contributed by atoms with Gasteiger partial charge in [0, 0.05) is 20.8 Å². The van der Waals surface area contributed by atoms with Gasteiger partial charge in [-0.15, -0.1) is 12.4 Å². The molecule has 5 nitrogen and oxygen atoms in total. The van der Waals surface area contributed by atoms with Gasteiger partial charge in [0.25, 0.3) is 5.91 Å². The molecule has 0 bridgehead atoms. The van der Waals surface area contributed by atoms with E-state index in [0.717, 1.165) is 18.7 Å². The number of carbonyl (C=O) groups is 1. The molecular formula is C16H24ClFN2O3. The first-order valence-electron chi connectivity index (χ1n) is 7.44. The van der Waals surface area contributed by atoms with Crippen molar-refractivity contribution in [2.45, 2.75) is 24.5 Å². The van der Waals surface area contributed by atoms with E-state index < -0.39 is 5.60 Å². The van der Waals surface area contributed by atoms with Crippen LogP contribution in [-0.4, -0.2) is 45.4 Å². The van der Waals surface area contributed by atoms with E-state index in [9.17, 15) is 9.18 Å². The molecule has 0 aliphatic carbocycles. The van der Waals surface area contributed by atoms with E-state index in [4.69, 9.17) is 9.47 Å². The molecule has 1 unspecified atom stereocenters. The predicted octanol–water partition coefficient (Wildman–Crippen LogP) is 1.82. The molecule has 0 saturated carbocycles. The van der Waals surface area contributed by atoms with E-state index in [0.29, 0.717) is 19.4 Å². The molecule has 0 spiro atoms. The van der Waals surface area contributed by atoms with E-state index in [2.05, 4.69) is 10.6 Å². The minimum absolute atomic E-state index is 0. The Labute approximate surface area is 142 Å². The van der Waals surface area contributed by atoms with Crippen LogP contribution in [0.25, 0.3) is 0 Å². The monoisotopic (exact) mass is 346 g/mol. The van der Waals surface area contributed by atoms with E-state index in [1.54, 1.807) is 26.4 Å². The maximum absolute atomic E-state index is 13.0. The van der Waals surface area contributed by atoms with Crippen molar-refractivity contribution in [1.29, 1.82) is 0 Å². The zero-order valence-electron chi connectivity index (χ0n) is 13.4. The van der Waals surface area contributed by atoms with Crippen LogP contribution >= 0.6 is 12.4 Å². The van der Waals surface area contributed by atoms with Gasteiger partial charge in [0.15, 0.2) is 0 Å². The van der Waals surface area contributed by atoms with Gasteiger partial charge in [-0.1, -0.05) is 12.1 Å². The van der Waals surface area contributed by atoms with Crippen molar-refractivity contribution in [3.63, 3.8) is 0 Å². The second-order valence-electron chi connectivity index (χ2n) is 5.43. The van der Waals surface area contributed by atoms with Crippen molar-refractivity contribution >= 4 is 18.3 Å². The molecule has 1 fully saturated rings. The second-order valence-corrected chi connectivity index (χ2v) is 5.43. The van der Waals surface area contributed by atoms with Crippen LogP contribution < -0.4 is 10.6 Å². The number of amides is 1. The summed E-state index contributed by atoms with van der Waals surface area (Å²) in [7, 11) is 3.13. The standard InChI is InChI=1S/C16H23FN2O3.ClH/c1-21-14(12-3-5-13(17)6-4-12)11-19-15(20)16(22-2)7-9-18-10-8-16;/h3-6,14,18H,7-11H2,1-2H3,(H,19,20);1H. The number of benzene rings is 1. The molecule has 1 aliphatic rings. The zero-order valence-corrected chi connectivity index (χ0v) is 14.2. The highest BCUT2D eigenvalue weighted by molar-refractivity contribution is 5.85. The predicted molar refractivity (Wildman–Crippen MR) is 88.3 cm³/mol. The summed E-state index contributed by atoms with van der Waals surface area (Å²) in [5, 5.41) is 6.11. The van der Waals surface area contributed by atoms with Crippen molar-refractivity contribution in [2.75, 3.05) is 33.9 Å². The van der Waals surface area contributed by atoms with Crippen molar-refractivity contribution in [1.82, 2.24) is 10.6 Å². The number of hydrogen-bond acceptors (Lipinski definition) is 4. The smallest absolute Gasteiger partial charge is 0.252 e. The fraction of sp³-hybridized carbons (Fsp3) is 0.562. The summed E-state index contributed by atoms with van der Waals surface area (Å²) in [6.45, 7) is 1.83. The molecule has 1 aliphatic heterocycles. The Bertz CT molecular complexity index is 493. The van der Waals surface area contributed by atoms with Crippen LogP contribution in [0.15, 0.2) is 24.3 Å². The largest absolute Gasteiger partial charge is 0.375 e. The Morgan fingerprint density at radius 1 is 1.30 bits per heavy atom. The molecular weight excluding hydrogens is 323 g/mol. The molecule has 1 aromatic carbocycles. The summed E-state index contributed by atoms with van der Waals surface area (Å²) in [5.74, 6) is -0.420. The molecule has 0 radical (unpaired) electrons. The van der Waals surface area contributed by atoms with Gasteiger partial charge in [-0.25, -0.2) is 4.39 Å². The molecule has 130 valence electrons. The summed E-state index contributed by atoms with van der Waals surface area (Å²) in [4.78, 5) is 12.5. The van der Waals surface area contributed by atoms with E-state index in [1.165, 1.54) is 12.1 Å². The molecule has 1 atom stereocenters. The maximum Gasteiger partial charge on any atom is 0.252 e. The van der Waals surface area contributed by atoms with Gasteiger partial charge in [-0.2, -0.15) is 0 Å². The van der Waals surface area contributed by atoms with Gasteiger partial charge in [-0.3, -0.25) is 4.79 Å². The Balaban J connectivity index is 0.00000264. The first-order chi connectivity index (χ1) is 10.6. The topological polar surface area (TPSA) is 59.6 Å². The zero-order chi connectivity index (χ0) is 16.0. The second kappa shape index (κ2) is 9.17. The normalized spacial score (nSPS) is 17.9. The summed E-state index contributed by atoms with van der Waals surface area (Å²) in [6.07, 6.45) is 0.965. The van der Waals surface area contributed by atoms with Gasteiger partial charge >= 0.3 is 0 Å². The number of ether oxygens (including phenoxy) is 2.